The molecule has 0 radical (unpaired) electrons. The third-order valence-electron chi connectivity index (χ3n) is 4.44. The van der Waals surface area contributed by atoms with Crippen molar-refractivity contribution in [2.45, 2.75) is 13.0 Å². The number of aromatic nitrogens is 1. The molecule has 1 aliphatic heterocycles. The van der Waals surface area contributed by atoms with Crippen molar-refractivity contribution in [1.82, 2.24) is 9.47 Å². The molecule has 3 aromatic rings. The lowest BCUT2D eigenvalue weighted by Gasteiger charge is -2.23. The molecule has 0 saturated carbocycles. The summed E-state index contributed by atoms with van der Waals surface area (Å²) in [5, 5.41) is 0.907. The fourth-order valence-electron chi connectivity index (χ4n) is 3.28. The van der Waals surface area contributed by atoms with E-state index in [2.05, 4.69) is 23.9 Å². The summed E-state index contributed by atoms with van der Waals surface area (Å²) in [6.07, 6.45) is 0.861. The Kier molecular flexibility index (Phi) is 3.59. The molecule has 2 aromatic carbocycles. The number of hydrogen-bond donors (Lipinski definition) is 0. The van der Waals surface area contributed by atoms with E-state index in [1.807, 2.05) is 4.57 Å². The molecule has 2 nitrogen and oxygen atoms in total. The SMILES string of the molecule is CN1CCc2c(c3cc(F)ccc3n2C#Cc2cccc(F)c2)C1. The van der Waals surface area contributed by atoms with Crippen LogP contribution in [0.5, 0.6) is 0 Å². The third kappa shape index (κ3) is 2.57. The first kappa shape index (κ1) is 14.9. The first-order valence-corrected chi connectivity index (χ1v) is 7.89. The average Bonchev–Trinajstić information content (AvgIpc) is 2.85. The topological polar surface area (TPSA) is 8.17 Å². The number of nitrogens with zero attached hydrogens (tertiary/aromatic N) is 2. The zero-order chi connectivity index (χ0) is 16.7. The van der Waals surface area contributed by atoms with Crippen LogP contribution in [-0.4, -0.2) is 23.1 Å². The summed E-state index contributed by atoms with van der Waals surface area (Å²) in [6, 6.07) is 14.2. The molecule has 0 bridgehead atoms. The van der Waals surface area contributed by atoms with Gasteiger partial charge in [0.1, 0.15) is 11.6 Å². The van der Waals surface area contributed by atoms with Crippen molar-refractivity contribution in [2.75, 3.05) is 13.6 Å². The monoisotopic (exact) mass is 322 g/mol. The number of halogens is 2. The number of hydrogen-bond acceptors (Lipinski definition) is 1. The maximum Gasteiger partial charge on any atom is 0.124 e. The molecule has 0 aliphatic carbocycles. The van der Waals surface area contributed by atoms with Crippen molar-refractivity contribution >= 4 is 10.9 Å². The van der Waals surface area contributed by atoms with Gasteiger partial charge in [-0.15, -0.1) is 0 Å². The van der Waals surface area contributed by atoms with Gasteiger partial charge in [-0.1, -0.05) is 6.07 Å². The summed E-state index contributed by atoms with van der Waals surface area (Å²) in [7, 11) is 2.06. The summed E-state index contributed by atoms with van der Waals surface area (Å²) in [6.45, 7) is 1.72. The second kappa shape index (κ2) is 5.77. The summed E-state index contributed by atoms with van der Waals surface area (Å²) in [4.78, 5) is 2.22. The van der Waals surface area contributed by atoms with Gasteiger partial charge in [0.25, 0.3) is 0 Å². The lowest BCUT2D eigenvalue weighted by molar-refractivity contribution is 0.311. The Morgan fingerprint density at radius 1 is 1.04 bits per heavy atom. The molecule has 4 heteroatoms. The summed E-state index contributed by atoms with van der Waals surface area (Å²) in [5.41, 5.74) is 3.78. The zero-order valence-electron chi connectivity index (χ0n) is 13.3. The van der Waals surface area contributed by atoms with E-state index in [-0.39, 0.29) is 11.6 Å². The Labute approximate surface area is 139 Å². The lowest BCUT2D eigenvalue weighted by atomic mass is 10.1. The Hall–Kier alpha value is -2.64. The van der Waals surface area contributed by atoms with Crippen LogP contribution in [0.15, 0.2) is 42.5 Å². The quantitative estimate of drug-likeness (QED) is 0.572. The van der Waals surface area contributed by atoms with Gasteiger partial charge in [-0.05, 0) is 54.9 Å². The smallest absolute Gasteiger partial charge is 0.124 e. The standard InChI is InChI=1S/C20H16F2N2/c1-23-9-8-20-18(13-23)17-12-16(22)5-6-19(17)24(20)10-7-14-3-2-4-15(21)11-14/h2-6,11-12H,8-9,13H2,1H3. The highest BCUT2D eigenvalue weighted by Crippen LogP contribution is 2.30. The van der Waals surface area contributed by atoms with E-state index < -0.39 is 0 Å². The first-order valence-electron chi connectivity index (χ1n) is 7.89. The summed E-state index contributed by atoms with van der Waals surface area (Å²) < 4.78 is 29.0. The molecule has 1 aromatic heterocycles. The molecule has 0 unspecified atom stereocenters. The van der Waals surface area contributed by atoms with Crippen LogP contribution in [0.4, 0.5) is 8.78 Å². The molecule has 0 amide bonds. The van der Waals surface area contributed by atoms with Gasteiger partial charge in [-0.25, -0.2) is 8.78 Å². The minimum absolute atomic E-state index is 0.242. The van der Waals surface area contributed by atoms with Crippen LogP contribution in [0.1, 0.15) is 16.8 Å². The molecule has 0 fully saturated rings. The van der Waals surface area contributed by atoms with Crippen LogP contribution >= 0.6 is 0 Å². The molecule has 0 saturated heterocycles. The first-order chi connectivity index (χ1) is 11.6. The molecule has 0 N–H and O–H groups in total. The van der Waals surface area contributed by atoms with E-state index in [0.29, 0.717) is 5.56 Å². The Morgan fingerprint density at radius 2 is 1.88 bits per heavy atom. The Balaban J connectivity index is 1.90. The van der Waals surface area contributed by atoms with Crippen molar-refractivity contribution in [3.63, 3.8) is 0 Å². The lowest BCUT2D eigenvalue weighted by Crippen LogP contribution is -2.27. The average molecular weight is 322 g/mol. The van der Waals surface area contributed by atoms with E-state index >= 15 is 0 Å². The van der Waals surface area contributed by atoms with E-state index in [0.717, 1.165) is 41.7 Å². The van der Waals surface area contributed by atoms with E-state index in [4.69, 9.17) is 0 Å². The fraction of sp³-hybridized carbons (Fsp3) is 0.200. The van der Waals surface area contributed by atoms with Gasteiger partial charge in [-0.3, -0.25) is 4.57 Å². The van der Waals surface area contributed by atoms with Gasteiger partial charge >= 0.3 is 0 Å². The largest absolute Gasteiger partial charge is 0.302 e. The molecule has 0 atom stereocenters. The second-order valence-corrected chi connectivity index (χ2v) is 6.16. The normalized spacial score (nSPS) is 14.3. The van der Waals surface area contributed by atoms with Crippen LogP contribution in [0.2, 0.25) is 0 Å². The van der Waals surface area contributed by atoms with Gasteiger partial charge in [0.15, 0.2) is 0 Å². The Morgan fingerprint density at radius 3 is 2.71 bits per heavy atom. The predicted octanol–water partition coefficient (Wildman–Crippen LogP) is 3.76. The molecule has 2 heterocycles. The number of likely N-dealkylation sites (N-methyl/N-ethyl adjacent to an activating group) is 1. The maximum atomic E-state index is 13.7. The molecule has 4 rings (SSSR count). The molecular formula is C20H16F2N2. The fourth-order valence-corrected chi connectivity index (χ4v) is 3.28. The number of fused-ring (bicyclic) bond motifs is 3. The van der Waals surface area contributed by atoms with E-state index in [1.54, 1.807) is 24.3 Å². The van der Waals surface area contributed by atoms with Crippen molar-refractivity contribution in [3.05, 3.63) is 70.9 Å². The van der Waals surface area contributed by atoms with Crippen LogP contribution in [0.3, 0.4) is 0 Å². The van der Waals surface area contributed by atoms with Gasteiger partial charge in [0, 0.05) is 42.2 Å². The van der Waals surface area contributed by atoms with Crippen molar-refractivity contribution < 1.29 is 8.78 Å². The highest BCUT2D eigenvalue weighted by molar-refractivity contribution is 5.87. The molecule has 120 valence electrons. The predicted molar refractivity (Wildman–Crippen MR) is 90.6 cm³/mol. The van der Waals surface area contributed by atoms with Crippen LogP contribution < -0.4 is 0 Å². The highest BCUT2D eigenvalue weighted by atomic mass is 19.1. The minimum atomic E-state index is -0.301. The number of rotatable bonds is 0. The van der Waals surface area contributed by atoms with Crippen molar-refractivity contribution in [1.29, 1.82) is 0 Å². The van der Waals surface area contributed by atoms with Gasteiger partial charge in [-0.2, -0.15) is 0 Å². The molecule has 0 spiro atoms. The molecule has 1 aliphatic rings. The van der Waals surface area contributed by atoms with E-state index in [9.17, 15) is 8.78 Å². The number of benzene rings is 2. The van der Waals surface area contributed by atoms with Gasteiger partial charge < -0.3 is 4.90 Å². The maximum absolute atomic E-state index is 13.7. The second-order valence-electron chi connectivity index (χ2n) is 6.16. The van der Waals surface area contributed by atoms with Crippen molar-refractivity contribution in [3.8, 4) is 12.0 Å². The van der Waals surface area contributed by atoms with Crippen LogP contribution in [-0.2, 0) is 13.0 Å². The van der Waals surface area contributed by atoms with Crippen molar-refractivity contribution in [2.24, 2.45) is 0 Å². The minimum Gasteiger partial charge on any atom is -0.302 e. The summed E-state index contributed by atoms with van der Waals surface area (Å²) in [5.74, 6) is 2.48. The zero-order valence-corrected chi connectivity index (χ0v) is 13.3. The van der Waals surface area contributed by atoms with Crippen LogP contribution in [0.25, 0.3) is 10.9 Å². The van der Waals surface area contributed by atoms with Gasteiger partial charge in [0.2, 0.25) is 0 Å². The summed E-state index contributed by atoms with van der Waals surface area (Å²) >= 11 is 0. The highest BCUT2D eigenvalue weighted by Gasteiger charge is 2.22. The Bertz CT molecular complexity index is 992. The molecule has 24 heavy (non-hydrogen) atoms. The van der Waals surface area contributed by atoms with E-state index in [1.165, 1.54) is 18.2 Å². The third-order valence-corrected chi connectivity index (χ3v) is 4.44. The van der Waals surface area contributed by atoms with Crippen LogP contribution in [0, 0.1) is 23.6 Å². The molecular weight excluding hydrogens is 306 g/mol. The van der Waals surface area contributed by atoms with Gasteiger partial charge in [0.05, 0.1) is 5.52 Å².